The van der Waals surface area contributed by atoms with Crippen molar-refractivity contribution >= 4 is 45.8 Å². The number of aliphatic imine (C=N–C) groups is 1. The number of amidine groups is 1. The van der Waals surface area contributed by atoms with Crippen molar-refractivity contribution in [1.29, 1.82) is 0 Å². The van der Waals surface area contributed by atoms with Gasteiger partial charge in [-0.15, -0.1) is 0 Å². The molecule has 1 N–H and O–H groups in total. The molecule has 2 aromatic rings. The zero-order chi connectivity index (χ0) is 25.5. The number of methoxy groups -OCH3 is 2. The summed E-state index contributed by atoms with van der Waals surface area (Å²) in [6.45, 7) is 4.75. The fourth-order valence-electron chi connectivity index (χ4n) is 3.56. The smallest absolute Gasteiger partial charge is 0.296 e. The third-order valence-corrected chi connectivity index (χ3v) is 6.54. The summed E-state index contributed by atoms with van der Waals surface area (Å²) in [5.74, 6) is -0.230. The van der Waals surface area contributed by atoms with Gasteiger partial charge in [0.25, 0.3) is 5.69 Å². The average molecular weight is 501 g/mol. The number of amides is 2. The lowest BCUT2D eigenvalue weighted by Crippen LogP contribution is -2.35. The van der Waals surface area contributed by atoms with Crippen molar-refractivity contribution in [2.45, 2.75) is 31.4 Å². The van der Waals surface area contributed by atoms with E-state index in [1.807, 2.05) is 24.3 Å². The predicted molar refractivity (Wildman–Crippen MR) is 135 cm³/mol. The number of nitrogens with one attached hydrogen (secondary N) is 1. The van der Waals surface area contributed by atoms with Gasteiger partial charge in [0.2, 0.25) is 11.8 Å². The van der Waals surface area contributed by atoms with Crippen LogP contribution in [0.25, 0.3) is 0 Å². The topological polar surface area (TPSA) is 123 Å². The van der Waals surface area contributed by atoms with E-state index in [-0.39, 0.29) is 29.6 Å². The van der Waals surface area contributed by atoms with Gasteiger partial charge in [0.1, 0.15) is 16.7 Å². The fourth-order valence-corrected chi connectivity index (χ4v) is 4.74. The summed E-state index contributed by atoms with van der Waals surface area (Å²) in [5.41, 5.74) is 1.55. The molecule has 0 aromatic heterocycles. The first-order chi connectivity index (χ1) is 16.7. The molecule has 1 fully saturated rings. The van der Waals surface area contributed by atoms with Gasteiger partial charge in [-0.3, -0.25) is 24.6 Å². The molecule has 1 aliphatic heterocycles. The summed E-state index contributed by atoms with van der Waals surface area (Å²) in [6.07, 6.45) is -0.166. The van der Waals surface area contributed by atoms with Gasteiger partial charge >= 0.3 is 0 Å². The summed E-state index contributed by atoms with van der Waals surface area (Å²) in [4.78, 5) is 43.0. The van der Waals surface area contributed by atoms with E-state index in [1.54, 1.807) is 7.11 Å². The van der Waals surface area contributed by atoms with E-state index in [2.05, 4.69) is 19.2 Å². The normalized spacial score (nSPS) is 16.7. The molecule has 0 unspecified atom stereocenters. The minimum atomic E-state index is -0.714. The Labute approximate surface area is 207 Å². The van der Waals surface area contributed by atoms with Crippen LogP contribution in [0.4, 0.5) is 17.1 Å². The Bertz CT molecular complexity index is 1140. The molecule has 0 spiro atoms. The number of ether oxygens (including phenoxy) is 2. The SMILES string of the molecule is COCCN1C(=O)[C@@H](CC(=O)Nc2ccc(OC)cc2[N+](=O)[O-])SC1=Nc1ccccc1C(C)C. The number of anilines is 1. The molecule has 0 bridgehead atoms. The Morgan fingerprint density at radius 1 is 1.26 bits per heavy atom. The van der Waals surface area contributed by atoms with Crippen LogP contribution < -0.4 is 10.1 Å². The first-order valence-corrected chi connectivity index (χ1v) is 11.9. The molecule has 35 heavy (non-hydrogen) atoms. The molecule has 0 saturated carbocycles. The van der Waals surface area contributed by atoms with Crippen molar-refractivity contribution in [2.24, 2.45) is 4.99 Å². The van der Waals surface area contributed by atoms with Gasteiger partial charge in [-0.1, -0.05) is 43.8 Å². The second-order valence-electron chi connectivity index (χ2n) is 8.09. The van der Waals surface area contributed by atoms with Crippen LogP contribution in [0.3, 0.4) is 0 Å². The van der Waals surface area contributed by atoms with Gasteiger partial charge in [0.05, 0.1) is 36.9 Å². The molecule has 186 valence electrons. The van der Waals surface area contributed by atoms with E-state index >= 15 is 0 Å². The number of nitrogens with zero attached hydrogens (tertiary/aromatic N) is 3. The molecule has 10 nitrogen and oxygen atoms in total. The van der Waals surface area contributed by atoms with Gasteiger partial charge in [0, 0.05) is 13.5 Å². The maximum Gasteiger partial charge on any atom is 0.296 e. The molecule has 1 aliphatic rings. The number of para-hydroxylation sites is 1. The highest BCUT2D eigenvalue weighted by molar-refractivity contribution is 8.15. The van der Waals surface area contributed by atoms with E-state index in [4.69, 9.17) is 14.5 Å². The molecular formula is C24H28N4O6S. The van der Waals surface area contributed by atoms with Crippen LogP contribution in [0.1, 0.15) is 31.7 Å². The monoisotopic (exact) mass is 500 g/mol. The summed E-state index contributed by atoms with van der Waals surface area (Å²) >= 11 is 1.20. The second-order valence-corrected chi connectivity index (χ2v) is 9.26. The quantitative estimate of drug-likeness (QED) is 0.380. The number of benzene rings is 2. The number of hydrogen-bond donors (Lipinski definition) is 1. The summed E-state index contributed by atoms with van der Waals surface area (Å²) in [6, 6.07) is 11.9. The molecule has 1 atom stereocenters. The third kappa shape index (κ3) is 6.37. The van der Waals surface area contributed by atoms with Crippen LogP contribution in [0.2, 0.25) is 0 Å². The van der Waals surface area contributed by atoms with E-state index in [1.165, 1.54) is 42.0 Å². The highest BCUT2D eigenvalue weighted by Crippen LogP contribution is 2.35. The molecule has 0 aliphatic carbocycles. The molecule has 0 radical (unpaired) electrons. The molecule has 1 saturated heterocycles. The van der Waals surface area contributed by atoms with E-state index in [0.717, 1.165) is 11.3 Å². The highest BCUT2D eigenvalue weighted by atomic mass is 32.2. The Hall–Kier alpha value is -3.44. The minimum absolute atomic E-state index is 0.0345. The van der Waals surface area contributed by atoms with Crippen molar-refractivity contribution in [2.75, 3.05) is 32.7 Å². The number of rotatable bonds is 10. The summed E-state index contributed by atoms with van der Waals surface area (Å²) < 4.78 is 10.2. The van der Waals surface area contributed by atoms with Gasteiger partial charge in [-0.2, -0.15) is 0 Å². The van der Waals surface area contributed by atoms with Gasteiger partial charge in [0.15, 0.2) is 5.17 Å². The van der Waals surface area contributed by atoms with Crippen LogP contribution >= 0.6 is 11.8 Å². The van der Waals surface area contributed by atoms with Crippen LogP contribution in [0.15, 0.2) is 47.5 Å². The van der Waals surface area contributed by atoms with Crippen LogP contribution in [0, 0.1) is 10.1 Å². The van der Waals surface area contributed by atoms with Crippen LogP contribution in [-0.2, 0) is 14.3 Å². The number of hydrogen-bond acceptors (Lipinski definition) is 8. The zero-order valence-electron chi connectivity index (χ0n) is 20.0. The number of thioether (sulfide) groups is 1. The van der Waals surface area contributed by atoms with Gasteiger partial charge < -0.3 is 14.8 Å². The Morgan fingerprint density at radius 2 is 2.00 bits per heavy atom. The first kappa shape index (κ1) is 26.2. The maximum absolute atomic E-state index is 13.1. The molecular weight excluding hydrogens is 472 g/mol. The van der Waals surface area contributed by atoms with E-state index < -0.39 is 16.1 Å². The molecule has 2 amide bonds. The van der Waals surface area contributed by atoms with Crippen molar-refractivity contribution in [3.63, 3.8) is 0 Å². The standard InChI is InChI=1S/C24H28N4O6S/c1-15(2)17-7-5-6-8-18(17)26-24-27(11-12-33-3)23(30)21(35-24)14-22(29)25-19-10-9-16(34-4)13-20(19)28(31)32/h5-10,13,15,21H,11-12,14H2,1-4H3,(H,25,29)/t21-/m1/s1. The summed E-state index contributed by atoms with van der Waals surface area (Å²) in [7, 11) is 2.94. The molecule has 1 heterocycles. The lowest BCUT2D eigenvalue weighted by molar-refractivity contribution is -0.384. The zero-order valence-corrected chi connectivity index (χ0v) is 20.8. The van der Waals surface area contributed by atoms with Gasteiger partial charge in [-0.25, -0.2) is 4.99 Å². The number of nitro groups is 1. The second kappa shape index (κ2) is 11.8. The number of carbonyl (C=O) groups is 2. The van der Waals surface area contributed by atoms with E-state index in [9.17, 15) is 19.7 Å². The third-order valence-electron chi connectivity index (χ3n) is 5.36. The average Bonchev–Trinajstić information content (AvgIpc) is 3.11. The number of carbonyl (C=O) groups excluding carboxylic acids is 2. The van der Waals surface area contributed by atoms with Crippen molar-refractivity contribution in [1.82, 2.24) is 4.90 Å². The first-order valence-electron chi connectivity index (χ1n) is 11.0. The lowest BCUT2D eigenvalue weighted by Gasteiger charge is -2.16. The van der Waals surface area contributed by atoms with E-state index in [0.29, 0.717) is 24.1 Å². The number of nitro benzene ring substituents is 1. The predicted octanol–water partition coefficient (Wildman–Crippen LogP) is 4.33. The molecule has 2 aromatic carbocycles. The van der Waals surface area contributed by atoms with Crippen molar-refractivity contribution in [3.8, 4) is 5.75 Å². The maximum atomic E-state index is 13.1. The fraction of sp³-hybridized carbons (Fsp3) is 0.375. The highest BCUT2D eigenvalue weighted by Gasteiger charge is 2.39. The minimum Gasteiger partial charge on any atom is -0.496 e. The Morgan fingerprint density at radius 3 is 2.66 bits per heavy atom. The van der Waals surface area contributed by atoms with Crippen LogP contribution in [0.5, 0.6) is 5.75 Å². The molecule has 3 rings (SSSR count). The van der Waals surface area contributed by atoms with Crippen LogP contribution in [-0.4, -0.2) is 59.4 Å². The Balaban J connectivity index is 1.81. The largest absolute Gasteiger partial charge is 0.496 e. The lowest BCUT2D eigenvalue weighted by atomic mass is 10.0. The summed E-state index contributed by atoms with van der Waals surface area (Å²) in [5, 5.41) is 13.7. The van der Waals surface area contributed by atoms with Gasteiger partial charge in [-0.05, 0) is 29.7 Å². The Kier molecular flexibility index (Phi) is 8.83. The molecule has 11 heteroatoms. The van der Waals surface area contributed by atoms with Crippen molar-refractivity contribution < 1.29 is 24.0 Å². The van der Waals surface area contributed by atoms with Crippen molar-refractivity contribution in [3.05, 3.63) is 58.1 Å².